The molecule has 4 aromatic heterocycles. The summed E-state index contributed by atoms with van der Waals surface area (Å²) in [4.78, 5) is 5.33. The summed E-state index contributed by atoms with van der Waals surface area (Å²) in [7, 11) is 0. The minimum atomic E-state index is 0.554. The summed E-state index contributed by atoms with van der Waals surface area (Å²) in [5.74, 6) is 0.800. The van der Waals surface area contributed by atoms with Gasteiger partial charge in [0, 0.05) is 37.9 Å². The molecule has 0 aliphatic heterocycles. The quantitative estimate of drug-likeness (QED) is 0.186. The standard InChI is InChI=1S/C48H29N5/c49-30-31-28-46(51-40-21-7-1-14-32(40)33-15-2-8-22-41(33)51)47(52-42-23-9-3-16-34(42)35-17-4-10-24-43(35)52)29-38(31)39-20-13-27-48(50-39)53-44-25-11-5-18-36(44)37-19-6-12-26-45(37)53/h1-29H. The predicted molar refractivity (Wildman–Crippen MR) is 217 cm³/mol. The van der Waals surface area contributed by atoms with E-state index in [1.807, 2.05) is 12.1 Å². The normalized spacial score (nSPS) is 11.8. The summed E-state index contributed by atoms with van der Waals surface area (Å²) in [5, 5.41) is 18.0. The highest BCUT2D eigenvalue weighted by Gasteiger charge is 2.23. The molecule has 0 amide bonds. The van der Waals surface area contributed by atoms with E-state index in [0.717, 1.165) is 61.6 Å². The molecule has 5 nitrogen and oxygen atoms in total. The predicted octanol–water partition coefficient (Wildman–Crippen LogP) is 11.9. The molecule has 0 N–H and O–H groups in total. The molecular weight excluding hydrogens is 647 g/mol. The van der Waals surface area contributed by atoms with Gasteiger partial charge in [-0.05, 0) is 60.7 Å². The SMILES string of the molecule is N#Cc1cc(-n2c3ccccc3c3ccccc32)c(-n2c3ccccc3c3ccccc32)cc1-c1cccc(-n2c3ccccc3c3ccccc32)n1. The van der Waals surface area contributed by atoms with Crippen molar-refractivity contribution in [3.63, 3.8) is 0 Å². The molecule has 0 unspecified atom stereocenters. The number of rotatable bonds is 4. The molecular formula is C48H29N5. The Labute approximate surface area is 304 Å². The Balaban J connectivity index is 1.25. The van der Waals surface area contributed by atoms with Gasteiger partial charge in [0.25, 0.3) is 0 Å². The van der Waals surface area contributed by atoms with E-state index in [4.69, 9.17) is 4.98 Å². The Kier molecular flexibility index (Phi) is 6.25. The first-order valence-corrected chi connectivity index (χ1v) is 17.8. The summed E-state index contributed by atoms with van der Waals surface area (Å²) in [5.41, 5.74) is 10.5. The average Bonchev–Trinajstić information content (AvgIpc) is 3.86. The van der Waals surface area contributed by atoms with Gasteiger partial charge in [-0.3, -0.25) is 4.57 Å². The van der Waals surface area contributed by atoms with Gasteiger partial charge in [-0.25, -0.2) is 4.98 Å². The van der Waals surface area contributed by atoms with Crippen LogP contribution in [0.15, 0.2) is 176 Å². The van der Waals surface area contributed by atoms with Gasteiger partial charge in [-0.1, -0.05) is 115 Å². The first kappa shape index (κ1) is 29.3. The van der Waals surface area contributed by atoms with Crippen molar-refractivity contribution in [2.75, 3.05) is 0 Å². The first-order valence-electron chi connectivity index (χ1n) is 17.8. The van der Waals surface area contributed by atoms with Crippen molar-refractivity contribution in [1.82, 2.24) is 18.7 Å². The van der Waals surface area contributed by atoms with Crippen LogP contribution >= 0.6 is 0 Å². The molecule has 0 saturated carbocycles. The smallest absolute Gasteiger partial charge is 0.138 e. The summed E-state index contributed by atoms with van der Waals surface area (Å²) in [6.45, 7) is 0. The van der Waals surface area contributed by atoms with Crippen LogP contribution in [0.1, 0.15) is 5.56 Å². The van der Waals surface area contributed by atoms with Crippen molar-refractivity contribution in [3.05, 3.63) is 181 Å². The number of nitrogens with zero attached hydrogens (tertiary/aromatic N) is 5. The molecule has 5 heteroatoms. The maximum atomic E-state index is 10.9. The van der Waals surface area contributed by atoms with E-state index in [0.29, 0.717) is 5.56 Å². The van der Waals surface area contributed by atoms with Crippen molar-refractivity contribution in [2.24, 2.45) is 0 Å². The van der Waals surface area contributed by atoms with Gasteiger partial charge in [0.15, 0.2) is 0 Å². The first-order chi connectivity index (χ1) is 26.3. The zero-order valence-corrected chi connectivity index (χ0v) is 28.5. The van der Waals surface area contributed by atoms with E-state index in [-0.39, 0.29) is 0 Å². The van der Waals surface area contributed by atoms with E-state index in [2.05, 4.69) is 184 Å². The molecule has 0 aliphatic rings. The third-order valence-corrected chi connectivity index (χ3v) is 10.7. The topological polar surface area (TPSA) is 51.5 Å². The Bertz CT molecular complexity index is 3150. The fourth-order valence-electron chi connectivity index (χ4n) is 8.47. The number of nitriles is 1. The second-order valence-corrected chi connectivity index (χ2v) is 13.5. The lowest BCUT2D eigenvalue weighted by Crippen LogP contribution is -2.06. The second-order valence-electron chi connectivity index (χ2n) is 13.5. The summed E-state index contributed by atoms with van der Waals surface area (Å²) < 4.78 is 6.89. The van der Waals surface area contributed by atoms with Crippen LogP contribution in [0.2, 0.25) is 0 Å². The van der Waals surface area contributed by atoms with Crippen LogP contribution in [0.25, 0.3) is 93.9 Å². The Morgan fingerprint density at radius 3 is 1.13 bits per heavy atom. The van der Waals surface area contributed by atoms with Gasteiger partial charge >= 0.3 is 0 Å². The zero-order valence-electron chi connectivity index (χ0n) is 28.5. The van der Waals surface area contributed by atoms with Crippen LogP contribution in [0.3, 0.4) is 0 Å². The van der Waals surface area contributed by atoms with Crippen molar-refractivity contribution in [2.45, 2.75) is 0 Å². The number of aromatic nitrogens is 4. The van der Waals surface area contributed by atoms with Gasteiger partial charge in [0.1, 0.15) is 5.82 Å². The summed E-state index contributed by atoms with van der Waals surface area (Å²) in [6, 6.07) is 64.0. The fraction of sp³-hybridized carbons (Fsp3) is 0. The highest BCUT2D eigenvalue weighted by atomic mass is 15.1. The Morgan fingerprint density at radius 2 is 0.736 bits per heavy atom. The van der Waals surface area contributed by atoms with Crippen molar-refractivity contribution >= 4 is 65.4 Å². The molecule has 11 rings (SSSR count). The van der Waals surface area contributed by atoms with Crippen LogP contribution in [0, 0.1) is 11.3 Å². The molecule has 0 radical (unpaired) electrons. The van der Waals surface area contributed by atoms with Crippen molar-refractivity contribution < 1.29 is 0 Å². The maximum Gasteiger partial charge on any atom is 0.138 e. The molecule has 53 heavy (non-hydrogen) atoms. The Morgan fingerprint density at radius 1 is 0.377 bits per heavy atom. The molecule has 0 bridgehead atoms. The lowest BCUT2D eigenvalue weighted by atomic mass is 10.0. The van der Waals surface area contributed by atoms with Gasteiger partial charge in [-0.2, -0.15) is 5.26 Å². The lowest BCUT2D eigenvalue weighted by Gasteiger charge is -2.19. The number of hydrogen-bond donors (Lipinski definition) is 0. The summed E-state index contributed by atoms with van der Waals surface area (Å²) in [6.07, 6.45) is 0. The molecule has 246 valence electrons. The fourth-order valence-corrected chi connectivity index (χ4v) is 8.47. The number of benzene rings is 7. The minimum absolute atomic E-state index is 0.554. The monoisotopic (exact) mass is 675 g/mol. The minimum Gasteiger partial charge on any atom is -0.307 e. The van der Waals surface area contributed by atoms with Crippen molar-refractivity contribution in [3.8, 4) is 34.5 Å². The number of pyridine rings is 1. The molecule has 7 aromatic carbocycles. The van der Waals surface area contributed by atoms with E-state index < -0.39 is 0 Å². The van der Waals surface area contributed by atoms with Crippen LogP contribution < -0.4 is 0 Å². The largest absolute Gasteiger partial charge is 0.307 e. The van der Waals surface area contributed by atoms with Crippen LogP contribution in [0.4, 0.5) is 0 Å². The second kappa shape index (κ2) is 11.3. The molecule has 0 spiro atoms. The average molecular weight is 676 g/mol. The van der Waals surface area contributed by atoms with E-state index in [1.54, 1.807) is 0 Å². The van der Waals surface area contributed by atoms with Crippen LogP contribution in [0.5, 0.6) is 0 Å². The van der Waals surface area contributed by atoms with Gasteiger partial charge in [-0.15, -0.1) is 0 Å². The van der Waals surface area contributed by atoms with Crippen LogP contribution in [-0.2, 0) is 0 Å². The van der Waals surface area contributed by atoms with E-state index >= 15 is 0 Å². The molecule has 0 saturated heterocycles. The van der Waals surface area contributed by atoms with E-state index in [1.165, 1.54) is 32.3 Å². The van der Waals surface area contributed by atoms with Crippen LogP contribution in [-0.4, -0.2) is 18.7 Å². The van der Waals surface area contributed by atoms with Gasteiger partial charge in [0.05, 0.1) is 61.8 Å². The van der Waals surface area contributed by atoms with Gasteiger partial charge in [0.2, 0.25) is 0 Å². The third-order valence-electron chi connectivity index (χ3n) is 10.7. The lowest BCUT2D eigenvalue weighted by molar-refractivity contribution is 1.07. The maximum absolute atomic E-state index is 10.9. The molecule has 0 fully saturated rings. The van der Waals surface area contributed by atoms with E-state index in [9.17, 15) is 5.26 Å². The summed E-state index contributed by atoms with van der Waals surface area (Å²) >= 11 is 0. The van der Waals surface area contributed by atoms with Gasteiger partial charge < -0.3 is 9.13 Å². The number of fused-ring (bicyclic) bond motifs is 9. The molecule has 11 aromatic rings. The zero-order chi connectivity index (χ0) is 35.0. The molecule has 0 atom stereocenters. The third kappa shape index (κ3) is 4.21. The molecule has 4 heterocycles. The van der Waals surface area contributed by atoms with Crippen molar-refractivity contribution in [1.29, 1.82) is 5.26 Å². The number of para-hydroxylation sites is 6. The Hall–Kier alpha value is -7.42. The number of hydrogen-bond acceptors (Lipinski definition) is 2. The highest BCUT2D eigenvalue weighted by Crippen LogP contribution is 2.41. The molecule has 0 aliphatic carbocycles. The highest BCUT2D eigenvalue weighted by molar-refractivity contribution is 6.12.